The first-order valence-corrected chi connectivity index (χ1v) is 6.87. The molecular formula is C14H18N2S. The maximum atomic E-state index is 4.30. The molecule has 1 N–H and O–H groups in total. The highest BCUT2D eigenvalue weighted by Gasteiger charge is 2.14. The van der Waals surface area contributed by atoms with Crippen LogP contribution in [0.15, 0.2) is 41.2 Å². The van der Waals surface area contributed by atoms with Gasteiger partial charge in [-0.1, -0.05) is 44.2 Å². The Morgan fingerprint density at radius 1 is 1.24 bits per heavy atom. The van der Waals surface area contributed by atoms with E-state index in [4.69, 9.17) is 0 Å². The smallest absolute Gasteiger partial charge is 0.0795 e. The van der Waals surface area contributed by atoms with Crippen molar-refractivity contribution in [2.75, 3.05) is 0 Å². The highest BCUT2D eigenvalue weighted by molar-refractivity contribution is 7.07. The number of nitrogens with one attached hydrogen (secondary N) is 1. The van der Waals surface area contributed by atoms with Gasteiger partial charge in [-0.25, -0.2) is 4.98 Å². The molecule has 1 unspecified atom stereocenters. The Morgan fingerprint density at radius 2 is 2.00 bits per heavy atom. The fraction of sp³-hybridized carbons (Fsp3) is 0.357. The van der Waals surface area contributed by atoms with E-state index in [2.05, 4.69) is 59.9 Å². The maximum absolute atomic E-state index is 4.30. The Kier molecular flexibility index (Phi) is 4.29. The highest BCUT2D eigenvalue weighted by Crippen LogP contribution is 2.21. The SMILES string of the molecule is CC(C)C(NCc1cscn1)c1ccccc1. The van der Waals surface area contributed by atoms with E-state index < -0.39 is 0 Å². The normalized spacial score (nSPS) is 12.9. The molecule has 1 aromatic carbocycles. The number of hydrogen-bond donors (Lipinski definition) is 1. The van der Waals surface area contributed by atoms with Crippen LogP contribution in [-0.2, 0) is 6.54 Å². The van der Waals surface area contributed by atoms with Crippen molar-refractivity contribution >= 4 is 11.3 Å². The molecule has 0 spiro atoms. The molecule has 1 heterocycles. The molecule has 2 aromatic rings. The van der Waals surface area contributed by atoms with Crippen LogP contribution in [0, 0.1) is 5.92 Å². The Labute approximate surface area is 107 Å². The predicted molar refractivity (Wildman–Crippen MR) is 73.0 cm³/mol. The lowest BCUT2D eigenvalue weighted by molar-refractivity contribution is 0.409. The molecule has 1 atom stereocenters. The van der Waals surface area contributed by atoms with Gasteiger partial charge in [0, 0.05) is 18.0 Å². The molecule has 0 fully saturated rings. The molecule has 0 aliphatic carbocycles. The van der Waals surface area contributed by atoms with Crippen LogP contribution in [0.5, 0.6) is 0 Å². The van der Waals surface area contributed by atoms with Crippen LogP contribution in [0.1, 0.15) is 31.1 Å². The number of aromatic nitrogens is 1. The molecule has 0 aliphatic rings. The van der Waals surface area contributed by atoms with E-state index in [1.807, 2.05) is 5.51 Å². The molecular weight excluding hydrogens is 228 g/mol. The van der Waals surface area contributed by atoms with Crippen molar-refractivity contribution in [3.8, 4) is 0 Å². The van der Waals surface area contributed by atoms with E-state index in [1.165, 1.54) is 5.56 Å². The molecule has 1 aromatic heterocycles. The molecule has 2 nitrogen and oxygen atoms in total. The first kappa shape index (κ1) is 12.3. The molecule has 90 valence electrons. The van der Waals surface area contributed by atoms with E-state index in [9.17, 15) is 0 Å². The summed E-state index contributed by atoms with van der Waals surface area (Å²) in [5.74, 6) is 0.566. The van der Waals surface area contributed by atoms with Crippen molar-refractivity contribution in [1.82, 2.24) is 10.3 Å². The van der Waals surface area contributed by atoms with Gasteiger partial charge in [0.05, 0.1) is 11.2 Å². The summed E-state index contributed by atoms with van der Waals surface area (Å²) in [5, 5.41) is 5.67. The summed E-state index contributed by atoms with van der Waals surface area (Å²) < 4.78 is 0. The summed E-state index contributed by atoms with van der Waals surface area (Å²) in [7, 11) is 0. The monoisotopic (exact) mass is 246 g/mol. The van der Waals surface area contributed by atoms with Crippen molar-refractivity contribution in [2.45, 2.75) is 26.4 Å². The van der Waals surface area contributed by atoms with Gasteiger partial charge < -0.3 is 5.32 Å². The summed E-state index contributed by atoms with van der Waals surface area (Å²) in [5.41, 5.74) is 4.35. The van der Waals surface area contributed by atoms with Crippen LogP contribution in [0.3, 0.4) is 0 Å². The molecule has 0 saturated carbocycles. The van der Waals surface area contributed by atoms with Crippen LogP contribution < -0.4 is 5.32 Å². The summed E-state index contributed by atoms with van der Waals surface area (Å²) in [6, 6.07) is 11.0. The van der Waals surface area contributed by atoms with Gasteiger partial charge in [0.2, 0.25) is 0 Å². The van der Waals surface area contributed by atoms with E-state index in [1.54, 1.807) is 11.3 Å². The number of hydrogen-bond acceptors (Lipinski definition) is 3. The van der Waals surface area contributed by atoms with Gasteiger partial charge in [0.15, 0.2) is 0 Å². The van der Waals surface area contributed by atoms with Crippen molar-refractivity contribution < 1.29 is 0 Å². The standard InChI is InChI=1S/C14H18N2S/c1-11(2)14(12-6-4-3-5-7-12)15-8-13-9-17-10-16-13/h3-7,9-11,14-15H,8H2,1-2H3. The largest absolute Gasteiger partial charge is 0.304 e. The van der Waals surface area contributed by atoms with Crippen molar-refractivity contribution in [2.24, 2.45) is 5.92 Å². The Hall–Kier alpha value is -1.19. The summed E-state index contributed by atoms with van der Waals surface area (Å²) in [6.45, 7) is 5.32. The second kappa shape index (κ2) is 5.94. The van der Waals surface area contributed by atoms with Crippen molar-refractivity contribution in [3.05, 3.63) is 52.5 Å². The van der Waals surface area contributed by atoms with Gasteiger partial charge in [-0.15, -0.1) is 11.3 Å². The van der Waals surface area contributed by atoms with E-state index in [-0.39, 0.29) is 0 Å². The molecule has 0 radical (unpaired) electrons. The van der Waals surface area contributed by atoms with Gasteiger partial charge in [-0.05, 0) is 11.5 Å². The van der Waals surface area contributed by atoms with E-state index in [0.717, 1.165) is 12.2 Å². The lowest BCUT2D eigenvalue weighted by atomic mass is 9.96. The Bertz CT molecular complexity index is 423. The summed E-state index contributed by atoms with van der Waals surface area (Å²) in [6.07, 6.45) is 0. The average molecular weight is 246 g/mol. The topological polar surface area (TPSA) is 24.9 Å². The zero-order valence-corrected chi connectivity index (χ0v) is 11.1. The molecule has 0 aliphatic heterocycles. The number of thiazole rings is 1. The summed E-state index contributed by atoms with van der Waals surface area (Å²) in [4.78, 5) is 4.30. The maximum Gasteiger partial charge on any atom is 0.0795 e. The highest BCUT2D eigenvalue weighted by atomic mass is 32.1. The lowest BCUT2D eigenvalue weighted by Gasteiger charge is -2.22. The molecule has 0 amide bonds. The Balaban J connectivity index is 2.03. The fourth-order valence-corrected chi connectivity index (χ4v) is 2.50. The van der Waals surface area contributed by atoms with Gasteiger partial charge in [0.25, 0.3) is 0 Å². The van der Waals surface area contributed by atoms with E-state index in [0.29, 0.717) is 12.0 Å². The minimum Gasteiger partial charge on any atom is -0.304 e. The zero-order chi connectivity index (χ0) is 12.1. The second-order valence-corrected chi connectivity index (χ2v) is 5.21. The van der Waals surface area contributed by atoms with Gasteiger partial charge >= 0.3 is 0 Å². The average Bonchev–Trinajstić information content (AvgIpc) is 2.83. The third kappa shape index (κ3) is 3.38. The summed E-state index contributed by atoms with van der Waals surface area (Å²) >= 11 is 1.64. The lowest BCUT2D eigenvalue weighted by Crippen LogP contribution is -2.25. The third-order valence-electron chi connectivity index (χ3n) is 2.81. The Morgan fingerprint density at radius 3 is 2.59 bits per heavy atom. The number of rotatable bonds is 5. The van der Waals surface area contributed by atoms with Crippen molar-refractivity contribution in [1.29, 1.82) is 0 Å². The van der Waals surface area contributed by atoms with Crippen LogP contribution in [-0.4, -0.2) is 4.98 Å². The molecule has 17 heavy (non-hydrogen) atoms. The minimum absolute atomic E-state index is 0.387. The van der Waals surface area contributed by atoms with Crippen molar-refractivity contribution in [3.63, 3.8) is 0 Å². The van der Waals surface area contributed by atoms with Gasteiger partial charge in [0.1, 0.15) is 0 Å². The number of nitrogens with zero attached hydrogens (tertiary/aromatic N) is 1. The molecule has 3 heteroatoms. The van der Waals surface area contributed by atoms with Gasteiger partial charge in [-0.2, -0.15) is 0 Å². The first-order valence-electron chi connectivity index (χ1n) is 5.93. The fourth-order valence-electron chi connectivity index (χ4n) is 1.94. The van der Waals surface area contributed by atoms with Crippen LogP contribution in [0.2, 0.25) is 0 Å². The zero-order valence-electron chi connectivity index (χ0n) is 10.3. The third-order valence-corrected chi connectivity index (χ3v) is 3.45. The second-order valence-electron chi connectivity index (χ2n) is 4.49. The first-order chi connectivity index (χ1) is 8.27. The molecule has 0 saturated heterocycles. The van der Waals surface area contributed by atoms with Crippen LogP contribution in [0.25, 0.3) is 0 Å². The molecule has 2 rings (SSSR count). The van der Waals surface area contributed by atoms with E-state index >= 15 is 0 Å². The van der Waals surface area contributed by atoms with Crippen LogP contribution >= 0.6 is 11.3 Å². The molecule has 0 bridgehead atoms. The predicted octanol–water partition coefficient (Wildman–Crippen LogP) is 3.63. The number of benzene rings is 1. The quantitative estimate of drug-likeness (QED) is 0.871. The minimum atomic E-state index is 0.387. The van der Waals surface area contributed by atoms with Crippen LogP contribution in [0.4, 0.5) is 0 Å². The van der Waals surface area contributed by atoms with Gasteiger partial charge in [-0.3, -0.25) is 0 Å².